The van der Waals surface area contributed by atoms with Crippen molar-refractivity contribution in [2.24, 2.45) is 0 Å². The molecule has 1 saturated heterocycles. The third kappa shape index (κ3) is 22.0. The summed E-state index contributed by atoms with van der Waals surface area (Å²) in [6, 6.07) is 0. The van der Waals surface area contributed by atoms with Crippen LogP contribution in [0, 0.1) is 0 Å². The zero-order chi connectivity index (χ0) is 29.0. The summed E-state index contributed by atoms with van der Waals surface area (Å²) >= 11 is 0. The topological polar surface area (TPSA) is 21.7 Å². The summed E-state index contributed by atoms with van der Waals surface area (Å²) in [5.74, 6) is -0.299. The van der Waals surface area contributed by atoms with Crippen LogP contribution in [0.4, 0.5) is 0 Å². The van der Waals surface area contributed by atoms with Crippen LogP contribution in [-0.4, -0.2) is 44.0 Å². The van der Waals surface area contributed by atoms with Gasteiger partial charge in [0.2, 0.25) is 0 Å². The molecule has 0 saturated carbocycles. The van der Waals surface area contributed by atoms with Crippen molar-refractivity contribution in [3.63, 3.8) is 0 Å². The average molecular weight is 562 g/mol. The van der Waals surface area contributed by atoms with Crippen molar-refractivity contribution in [1.29, 1.82) is 0 Å². The Morgan fingerprint density at radius 1 is 0.600 bits per heavy atom. The normalized spacial score (nSPS) is 19.7. The highest BCUT2D eigenvalue weighted by Gasteiger charge is 2.40. The highest BCUT2D eigenvalue weighted by atomic mass is 16.7. The molecule has 0 aliphatic carbocycles. The van der Waals surface area contributed by atoms with Gasteiger partial charge in [-0.25, -0.2) is 0 Å². The van der Waals surface area contributed by atoms with Gasteiger partial charge in [-0.05, 0) is 65.5 Å². The average Bonchev–Trinajstić information content (AvgIpc) is 3.36. The lowest BCUT2D eigenvalue weighted by Crippen LogP contribution is -2.31. The third-order valence-corrected chi connectivity index (χ3v) is 8.48. The van der Waals surface area contributed by atoms with Crippen LogP contribution in [0.5, 0.6) is 0 Å². The molecule has 1 heterocycles. The van der Waals surface area contributed by atoms with Gasteiger partial charge in [0.05, 0.1) is 12.7 Å². The summed E-state index contributed by atoms with van der Waals surface area (Å²) in [4.78, 5) is 2.26. The van der Waals surface area contributed by atoms with E-state index in [9.17, 15) is 0 Å². The van der Waals surface area contributed by atoms with Crippen molar-refractivity contribution in [3.8, 4) is 0 Å². The van der Waals surface area contributed by atoms with Gasteiger partial charge >= 0.3 is 0 Å². The molecule has 2 atom stereocenters. The van der Waals surface area contributed by atoms with Gasteiger partial charge in [-0.1, -0.05) is 134 Å². The van der Waals surface area contributed by atoms with E-state index < -0.39 is 0 Å². The minimum Gasteiger partial charge on any atom is -0.347 e. The van der Waals surface area contributed by atoms with E-state index in [0.717, 1.165) is 38.8 Å². The molecule has 0 spiro atoms. The molecule has 0 aromatic carbocycles. The van der Waals surface area contributed by atoms with Crippen molar-refractivity contribution >= 4 is 0 Å². The summed E-state index contributed by atoms with van der Waals surface area (Å²) in [5, 5.41) is 0. The standard InChI is InChI=1S/C37H71NO2/c1-5-7-9-11-13-15-17-18-19-20-21-22-24-26-28-30-33-37(39-35-36(40-37)31-34-38(3)4)32-29-27-25-23-16-14-12-10-8-6-2/h13,15,18-19,36H,5-12,14,16-17,20-35H2,1-4H3/b15-13-,19-18-/t36?,37-/m0/s1. The maximum Gasteiger partial charge on any atom is 0.168 e. The Morgan fingerprint density at radius 3 is 1.57 bits per heavy atom. The molecular formula is C37H71NO2. The second-order valence-corrected chi connectivity index (χ2v) is 12.8. The van der Waals surface area contributed by atoms with E-state index >= 15 is 0 Å². The summed E-state index contributed by atoms with van der Waals surface area (Å²) in [5.41, 5.74) is 0. The zero-order valence-electron chi connectivity index (χ0n) is 27.7. The van der Waals surface area contributed by atoms with Crippen LogP contribution in [0.1, 0.15) is 174 Å². The Morgan fingerprint density at radius 2 is 1.05 bits per heavy atom. The quantitative estimate of drug-likeness (QED) is 0.0669. The van der Waals surface area contributed by atoms with Crippen LogP contribution in [-0.2, 0) is 9.47 Å². The molecule has 1 rings (SSSR count). The van der Waals surface area contributed by atoms with Gasteiger partial charge in [-0.3, -0.25) is 0 Å². The van der Waals surface area contributed by atoms with Crippen molar-refractivity contribution in [2.75, 3.05) is 27.2 Å². The molecular weight excluding hydrogens is 490 g/mol. The highest BCUT2D eigenvalue weighted by Crippen LogP contribution is 2.35. The molecule has 0 radical (unpaired) electrons. The second-order valence-electron chi connectivity index (χ2n) is 12.8. The molecule has 3 nitrogen and oxygen atoms in total. The van der Waals surface area contributed by atoms with E-state index in [0.29, 0.717) is 0 Å². The molecule has 1 unspecified atom stereocenters. The second kappa shape index (κ2) is 27.2. The van der Waals surface area contributed by atoms with Crippen LogP contribution in [0.15, 0.2) is 24.3 Å². The molecule has 3 heteroatoms. The Kier molecular flexibility index (Phi) is 25.4. The predicted octanol–water partition coefficient (Wildman–Crippen LogP) is 11.6. The number of nitrogens with zero attached hydrogens (tertiary/aromatic N) is 1. The molecule has 0 aromatic rings. The largest absolute Gasteiger partial charge is 0.347 e. The molecule has 1 aliphatic rings. The van der Waals surface area contributed by atoms with Crippen molar-refractivity contribution in [3.05, 3.63) is 24.3 Å². The van der Waals surface area contributed by atoms with E-state index in [2.05, 4.69) is 57.1 Å². The van der Waals surface area contributed by atoms with Gasteiger partial charge in [-0.15, -0.1) is 0 Å². The lowest BCUT2D eigenvalue weighted by Gasteiger charge is -2.29. The number of ether oxygens (including phenoxy) is 2. The van der Waals surface area contributed by atoms with Gasteiger partial charge in [0.25, 0.3) is 0 Å². The fourth-order valence-electron chi connectivity index (χ4n) is 5.81. The first kappa shape index (κ1) is 37.4. The molecule has 40 heavy (non-hydrogen) atoms. The van der Waals surface area contributed by atoms with Crippen LogP contribution < -0.4 is 0 Å². The summed E-state index contributed by atoms with van der Waals surface area (Å²) in [6.45, 7) is 6.43. The van der Waals surface area contributed by atoms with E-state index in [1.54, 1.807) is 0 Å². The monoisotopic (exact) mass is 562 g/mol. The first-order valence-corrected chi connectivity index (χ1v) is 17.9. The lowest BCUT2D eigenvalue weighted by atomic mass is 9.98. The molecule has 0 amide bonds. The Labute approximate surface area is 251 Å². The van der Waals surface area contributed by atoms with Crippen molar-refractivity contribution in [1.82, 2.24) is 4.90 Å². The summed E-state index contributed by atoms with van der Waals surface area (Å²) < 4.78 is 13.1. The molecule has 1 aliphatic heterocycles. The van der Waals surface area contributed by atoms with Crippen LogP contribution >= 0.6 is 0 Å². The fourth-order valence-corrected chi connectivity index (χ4v) is 5.81. The van der Waals surface area contributed by atoms with E-state index in [4.69, 9.17) is 9.47 Å². The van der Waals surface area contributed by atoms with Crippen molar-refractivity contribution < 1.29 is 9.47 Å². The lowest BCUT2D eigenvalue weighted by molar-refractivity contribution is -0.180. The predicted molar refractivity (Wildman–Crippen MR) is 177 cm³/mol. The maximum atomic E-state index is 6.65. The minimum absolute atomic E-state index is 0.273. The first-order valence-electron chi connectivity index (χ1n) is 17.9. The third-order valence-electron chi connectivity index (χ3n) is 8.48. The molecule has 236 valence electrons. The molecule has 0 N–H and O–H groups in total. The summed E-state index contributed by atoms with van der Waals surface area (Å²) in [7, 11) is 4.30. The first-order chi connectivity index (χ1) is 19.6. The SMILES string of the molecule is CCCCC/C=C\C/C=C\CCCCCCCC[C@@]1(CCCCCCCCCCCC)OCC(CCN(C)C)O1. The number of rotatable bonds is 29. The van der Waals surface area contributed by atoms with Gasteiger partial charge in [0.15, 0.2) is 5.79 Å². The van der Waals surface area contributed by atoms with E-state index in [1.807, 2.05) is 0 Å². The van der Waals surface area contributed by atoms with E-state index in [1.165, 1.54) is 135 Å². The smallest absolute Gasteiger partial charge is 0.168 e. The number of allylic oxidation sites excluding steroid dienone is 4. The Balaban J connectivity index is 2.17. The van der Waals surface area contributed by atoms with Gasteiger partial charge in [-0.2, -0.15) is 0 Å². The van der Waals surface area contributed by atoms with Crippen LogP contribution in [0.2, 0.25) is 0 Å². The van der Waals surface area contributed by atoms with Gasteiger partial charge in [0, 0.05) is 19.4 Å². The Bertz CT molecular complexity index is 587. The fraction of sp³-hybridized carbons (Fsp3) is 0.892. The van der Waals surface area contributed by atoms with Gasteiger partial charge in [0.1, 0.15) is 0 Å². The zero-order valence-corrected chi connectivity index (χ0v) is 27.7. The van der Waals surface area contributed by atoms with Gasteiger partial charge < -0.3 is 14.4 Å². The maximum absolute atomic E-state index is 6.65. The van der Waals surface area contributed by atoms with E-state index in [-0.39, 0.29) is 11.9 Å². The molecule has 1 fully saturated rings. The highest BCUT2D eigenvalue weighted by molar-refractivity contribution is 4.92. The van der Waals surface area contributed by atoms with Crippen LogP contribution in [0.25, 0.3) is 0 Å². The number of hydrogen-bond acceptors (Lipinski definition) is 3. The molecule has 0 aromatic heterocycles. The Hall–Kier alpha value is -0.640. The molecule has 0 bridgehead atoms. The van der Waals surface area contributed by atoms with Crippen LogP contribution in [0.3, 0.4) is 0 Å². The number of hydrogen-bond donors (Lipinski definition) is 0. The summed E-state index contributed by atoms with van der Waals surface area (Å²) in [6.07, 6.45) is 42.3. The van der Waals surface area contributed by atoms with Crippen molar-refractivity contribution in [2.45, 2.75) is 186 Å². The number of unbranched alkanes of at least 4 members (excludes halogenated alkanes) is 18. The minimum atomic E-state index is -0.299.